The van der Waals surface area contributed by atoms with Gasteiger partial charge in [0.15, 0.2) is 0 Å². The monoisotopic (exact) mass is 271 g/mol. The summed E-state index contributed by atoms with van der Waals surface area (Å²) in [7, 11) is 0. The number of nitrogens with zero attached hydrogens (tertiary/aromatic N) is 1. The molecule has 1 aromatic heterocycles. The Kier molecular flexibility index (Phi) is 2.66. The Labute approximate surface area is 109 Å². The molecule has 2 aliphatic rings. The maximum atomic E-state index is 12.7. The van der Waals surface area contributed by atoms with Gasteiger partial charge in [-0.25, -0.2) is 4.98 Å². The minimum Gasteiger partial charge on any atom is -0.384 e. The van der Waals surface area contributed by atoms with E-state index in [0.29, 0.717) is 12.0 Å². The summed E-state index contributed by atoms with van der Waals surface area (Å²) in [5.41, 5.74) is 4.99. The van der Waals surface area contributed by atoms with Gasteiger partial charge in [0.2, 0.25) is 0 Å². The van der Waals surface area contributed by atoms with Gasteiger partial charge in [0.25, 0.3) is 0 Å². The molecule has 0 atom stereocenters. The third-order valence-electron chi connectivity index (χ3n) is 4.13. The van der Waals surface area contributed by atoms with Gasteiger partial charge in [-0.15, -0.1) is 0 Å². The fourth-order valence-corrected chi connectivity index (χ4v) is 2.66. The number of nitrogen functional groups attached to an aromatic ring is 1. The summed E-state index contributed by atoms with van der Waals surface area (Å²) in [4.78, 5) is 3.92. The van der Waals surface area contributed by atoms with Gasteiger partial charge >= 0.3 is 6.18 Å². The van der Waals surface area contributed by atoms with Crippen LogP contribution in [0.3, 0.4) is 0 Å². The molecule has 2 saturated carbocycles. The van der Waals surface area contributed by atoms with Crippen LogP contribution < -0.4 is 11.1 Å². The zero-order valence-corrected chi connectivity index (χ0v) is 10.4. The highest BCUT2D eigenvalue weighted by Crippen LogP contribution is 2.61. The van der Waals surface area contributed by atoms with Crippen molar-refractivity contribution < 1.29 is 13.2 Å². The summed E-state index contributed by atoms with van der Waals surface area (Å²) in [6.45, 7) is 0.700. The van der Waals surface area contributed by atoms with Gasteiger partial charge in [-0.3, -0.25) is 0 Å². The van der Waals surface area contributed by atoms with Gasteiger partial charge in [0.1, 0.15) is 11.6 Å². The molecule has 1 aromatic rings. The number of nitrogens with two attached hydrogens (primary N) is 1. The average Bonchev–Trinajstić information content (AvgIpc) is 3.16. The number of anilines is 2. The predicted molar refractivity (Wildman–Crippen MR) is 66.5 cm³/mol. The molecule has 0 radical (unpaired) electrons. The molecule has 0 spiro atoms. The Hall–Kier alpha value is -1.46. The van der Waals surface area contributed by atoms with E-state index in [2.05, 4.69) is 10.3 Å². The van der Waals surface area contributed by atoms with E-state index in [1.54, 1.807) is 0 Å². The van der Waals surface area contributed by atoms with Crippen molar-refractivity contribution in [1.82, 2.24) is 4.98 Å². The van der Waals surface area contributed by atoms with Crippen LogP contribution in [-0.2, 0) is 6.18 Å². The highest BCUT2D eigenvalue weighted by molar-refractivity contribution is 5.47. The number of aromatic nitrogens is 1. The zero-order chi connectivity index (χ0) is 13.7. The van der Waals surface area contributed by atoms with Crippen LogP contribution in [0.1, 0.15) is 31.2 Å². The highest BCUT2D eigenvalue weighted by Gasteiger charge is 2.53. The molecule has 3 nitrogen and oxygen atoms in total. The third-order valence-corrected chi connectivity index (χ3v) is 4.13. The smallest absolute Gasteiger partial charge is 0.384 e. The summed E-state index contributed by atoms with van der Waals surface area (Å²) < 4.78 is 38.0. The van der Waals surface area contributed by atoms with Crippen LogP contribution in [0.4, 0.5) is 24.8 Å². The molecule has 3 rings (SSSR count). The van der Waals surface area contributed by atoms with Gasteiger partial charge in [-0.1, -0.05) is 0 Å². The van der Waals surface area contributed by atoms with Crippen molar-refractivity contribution in [2.24, 2.45) is 11.3 Å². The average molecular weight is 271 g/mol. The second kappa shape index (κ2) is 4.02. The molecule has 0 bridgehead atoms. The van der Waals surface area contributed by atoms with E-state index in [0.717, 1.165) is 18.1 Å². The van der Waals surface area contributed by atoms with Gasteiger partial charge in [0.05, 0.1) is 5.56 Å². The molecule has 2 fully saturated rings. The van der Waals surface area contributed by atoms with Crippen LogP contribution in [0.15, 0.2) is 12.1 Å². The topological polar surface area (TPSA) is 50.9 Å². The molecule has 0 aromatic carbocycles. The van der Waals surface area contributed by atoms with Gasteiger partial charge in [-0.2, -0.15) is 13.2 Å². The van der Waals surface area contributed by atoms with Crippen molar-refractivity contribution in [3.05, 3.63) is 17.7 Å². The number of nitrogens with one attached hydrogen (secondary N) is 1. The zero-order valence-electron chi connectivity index (χ0n) is 10.4. The van der Waals surface area contributed by atoms with E-state index < -0.39 is 11.7 Å². The lowest BCUT2D eigenvalue weighted by atomic mass is 10.0. The Morgan fingerprint density at radius 3 is 2.53 bits per heavy atom. The lowest BCUT2D eigenvalue weighted by molar-refractivity contribution is -0.137. The second-order valence-electron chi connectivity index (χ2n) is 5.65. The quantitative estimate of drug-likeness (QED) is 0.883. The summed E-state index contributed by atoms with van der Waals surface area (Å²) in [5.74, 6) is 0.871. The first-order valence-electron chi connectivity index (χ1n) is 6.48. The molecule has 3 N–H and O–H groups in total. The van der Waals surface area contributed by atoms with Crippen LogP contribution in [0.2, 0.25) is 0 Å². The molecule has 0 saturated heterocycles. The van der Waals surface area contributed by atoms with Crippen molar-refractivity contribution in [3.8, 4) is 0 Å². The van der Waals surface area contributed by atoms with Gasteiger partial charge in [-0.05, 0) is 49.1 Å². The standard InChI is InChI=1S/C13H16F3N3/c14-13(15,16)9-5-10(17)19-11(6-9)18-7-12(3-4-12)8-1-2-8/h5-6,8H,1-4,7H2,(H3,17,18,19). The van der Waals surface area contributed by atoms with E-state index >= 15 is 0 Å². The number of alkyl halides is 3. The molecule has 2 aliphatic carbocycles. The first kappa shape index (κ1) is 12.6. The first-order valence-corrected chi connectivity index (χ1v) is 6.48. The van der Waals surface area contributed by atoms with Crippen LogP contribution in [0.5, 0.6) is 0 Å². The van der Waals surface area contributed by atoms with Crippen molar-refractivity contribution in [1.29, 1.82) is 0 Å². The van der Waals surface area contributed by atoms with Gasteiger partial charge in [0, 0.05) is 6.54 Å². The van der Waals surface area contributed by atoms with Crippen molar-refractivity contribution in [2.75, 3.05) is 17.6 Å². The summed E-state index contributed by atoms with van der Waals surface area (Å²) in [6.07, 6.45) is 0.444. The van der Waals surface area contributed by atoms with Crippen LogP contribution in [-0.4, -0.2) is 11.5 Å². The van der Waals surface area contributed by atoms with Crippen molar-refractivity contribution in [3.63, 3.8) is 0 Å². The molecule has 0 amide bonds. The summed E-state index contributed by atoms with van der Waals surface area (Å²) in [5, 5.41) is 3.03. The number of hydrogen-bond donors (Lipinski definition) is 2. The lowest BCUT2D eigenvalue weighted by Gasteiger charge is -2.16. The maximum Gasteiger partial charge on any atom is 0.416 e. The van der Waals surface area contributed by atoms with Crippen LogP contribution in [0.25, 0.3) is 0 Å². The summed E-state index contributed by atoms with van der Waals surface area (Å²) >= 11 is 0. The normalized spacial score (nSPS) is 21.2. The number of halogens is 3. The van der Waals surface area contributed by atoms with Crippen molar-refractivity contribution >= 4 is 11.6 Å². The SMILES string of the molecule is Nc1cc(C(F)(F)F)cc(NCC2(C3CC3)CC2)n1. The van der Waals surface area contributed by atoms with E-state index in [-0.39, 0.29) is 11.6 Å². The predicted octanol–water partition coefficient (Wildman–Crippen LogP) is 3.28. The second-order valence-corrected chi connectivity index (χ2v) is 5.65. The molecular weight excluding hydrogens is 255 g/mol. The van der Waals surface area contributed by atoms with Crippen molar-refractivity contribution in [2.45, 2.75) is 31.9 Å². The fourth-order valence-electron chi connectivity index (χ4n) is 2.66. The molecule has 6 heteroatoms. The molecule has 0 aliphatic heterocycles. The van der Waals surface area contributed by atoms with E-state index in [4.69, 9.17) is 5.73 Å². The fraction of sp³-hybridized carbons (Fsp3) is 0.615. The minimum atomic E-state index is -4.39. The number of rotatable bonds is 4. The third kappa shape index (κ3) is 2.62. The molecular formula is C13H16F3N3. The Bertz CT molecular complexity index is 490. The Morgan fingerprint density at radius 2 is 2.00 bits per heavy atom. The first-order chi connectivity index (χ1) is 8.89. The Balaban J connectivity index is 1.72. The molecule has 104 valence electrons. The molecule has 19 heavy (non-hydrogen) atoms. The summed E-state index contributed by atoms with van der Waals surface area (Å²) in [6, 6.07) is 1.89. The van der Waals surface area contributed by atoms with Gasteiger partial charge < -0.3 is 11.1 Å². The molecule has 1 heterocycles. The van der Waals surface area contributed by atoms with E-state index in [1.807, 2.05) is 0 Å². The van der Waals surface area contributed by atoms with E-state index in [1.165, 1.54) is 25.7 Å². The maximum absolute atomic E-state index is 12.7. The lowest BCUT2D eigenvalue weighted by Crippen LogP contribution is -2.19. The van der Waals surface area contributed by atoms with Crippen LogP contribution >= 0.6 is 0 Å². The van der Waals surface area contributed by atoms with Crippen LogP contribution in [0, 0.1) is 11.3 Å². The molecule has 0 unspecified atom stereocenters. The minimum absolute atomic E-state index is 0.103. The number of hydrogen-bond acceptors (Lipinski definition) is 3. The number of pyridine rings is 1. The largest absolute Gasteiger partial charge is 0.416 e. The highest BCUT2D eigenvalue weighted by atomic mass is 19.4. The Morgan fingerprint density at radius 1 is 1.32 bits per heavy atom. The van der Waals surface area contributed by atoms with E-state index in [9.17, 15) is 13.2 Å².